The van der Waals surface area contributed by atoms with Crippen LogP contribution in [-0.4, -0.2) is 55.2 Å². The van der Waals surface area contributed by atoms with Crippen molar-refractivity contribution >= 4 is 0 Å². The van der Waals surface area contributed by atoms with Crippen LogP contribution in [-0.2, 0) is 0 Å². The summed E-state index contributed by atoms with van der Waals surface area (Å²) in [6, 6.07) is 0.775. The molecule has 1 atom stereocenters. The van der Waals surface area contributed by atoms with Crippen LogP contribution in [0.1, 0.15) is 25.7 Å². The molecule has 14 heavy (non-hydrogen) atoms. The second kappa shape index (κ2) is 5.08. The van der Waals surface area contributed by atoms with E-state index in [1.165, 1.54) is 38.9 Å². The van der Waals surface area contributed by atoms with E-state index in [0.717, 1.165) is 19.1 Å². The number of halogens is 1. The predicted octanol–water partition coefficient (Wildman–Crippen LogP) is 1.52. The van der Waals surface area contributed by atoms with E-state index in [2.05, 4.69) is 9.80 Å². The first-order chi connectivity index (χ1) is 6.90. The number of nitrogens with zero attached hydrogens (tertiary/aromatic N) is 2. The van der Waals surface area contributed by atoms with Crippen LogP contribution < -0.4 is 0 Å². The fraction of sp³-hybridized carbons (Fsp3) is 1.00. The second-order valence-electron chi connectivity index (χ2n) is 4.53. The molecule has 0 N–H and O–H groups in total. The molecular formula is C11H21FN2. The predicted molar refractivity (Wildman–Crippen MR) is 56.2 cm³/mol. The molecule has 0 bridgehead atoms. The van der Waals surface area contributed by atoms with Gasteiger partial charge in [-0.2, -0.15) is 0 Å². The number of hydrogen-bond acceptors (Lipinski definition) is 2. The third-order valence-electron chi connectivity index (χ3n) is 3.53. The number of alkyl halides is 1. The molecular weight excluding hydrogens is 179 g/mol. The van der Waals surface area contributed by atoms with Crippen LogP contribution in [0.15, 0.2) is 0 Å². The molecule has 1 unspecified atom stereocenters. The maximum atomic E-state index is 12.0. The number of piperidine rings is 1. The van der Waals surface area contributed by atoms with Gasteiger partial charge in [0.25, 0.3) is 0 Å². The van der Waals surface area contributed by atoms with Gasteiger partial charge in [-0.1, -0.05) is 6.42 Å². The normalized spacial score (nSPS) is 30.2. The Bertz CT molecular complexity index is 175. The monoisotopic (exact) mass is 200 g/mol. The van der Waals surface area contributed by atoms with Crippen LogP contribution in [0.3, 0.4) is 0 Å². The highest BCUT2D eigenvalue weighted by atomic mass is 19.1. The van der Waals surface area contributed by atoms with Gasteiger partial charge in [-0.05, 0) is 25.8 Å². The Hall–Kier alpha value is -0.150. The van der Waals surface area contributed by atoms with Crippen molar-refractivity contribution in [1.82, 2.24) is 9.80 Å². The van der Waals surface area contributed by atoms with Gasteiger partial charge in [0, 0.05) is 32.2 Å². The topological polar surface area (TPSA) is 6.48 Å². The lowest BCUT2D eigenvalue weighted by molar-refractivity contribution is 0.0481. The molecule has 0 saturated carbocycles. The van der Waals surface area contributed by atoms with Crippen LogP contribution in [0.2, 0.25) is 0 Å². The van der Waals surface area contributed by atoms with E-state index in [9.17, 15) is 4.39 Å². The Morgan fingerprint density at radius 3 is 2.93 bits per heavy atom. The van der Waals surface area contributed by atoms with Gasteiger partial charge in [-0.3, -0.25) is 9.29 Å². The van der Waals surface area contributed by atoms with Crippen LogP contribution in [0, 0.1) is 0 Å². The van der Waals surface area contributed by atoms with Gasteiger partial charge in [0.15, 0.2) is 0 Å². The summed E-state index contributed by atoms with van der Waals surface area (Å²) < 4.78 is 12.0. The molecule has 82 valence electrons. The van der Waals surface area contributed by atoms with Crippen LogP contribution in [0.25, 0.3) is 0 Å². The molecule has 0 spiro atoms. The lowest BCUT2D eigenvalue weighted by Crippen LogP contribution is -2.54. The van der Waals surface area contributed by atoms with E-state index in [-0.39, 0.29) is 6.67 Å². The molecule has 0 aromatic heterocycles. The molecule has 2 aliphatic heterocycles. The smallest absolute Gasteiger partial charge is 0.0906 e. The highest BCUT2D eigenvalue weighted by molar-refractivity contribution is 4.84. The van der Waals surface area contributed by atoms with Gasteiger partial charge < -0.3 is 4.90 Å². The maximum Gasteiger partial charge on any atom is 0.0906 e. The Morgan fingerprint density at radius 1 is 1.14 bits per heavy atom. The maximum absolute atomic E-state index is 12.0. The van der Waals surface area contributed by atoms with Crippen molar-refractivity contribution in [3.63, 3.8) is 0 Å². The van der Waals surface area contributed by atoms with Crippen molar-refractivity contribution in [2.24, 2.45) is 0 Å². The minimum Gasteiger partial charge on any atom is -0.300 e. The minimum absolute atomic E-state index is 0.162. The number of piperazine rings is 1. The fourth-order valence-corrected chi connectivity index (χ4v) is 2.71. The zero-order valence-corrected chi connectivity index (χ0v) is 8.92. The average Bonchev–Trinajstić information content (AvgIpc) is 2.26. The lowest BCUT2D eigenvalue weighted by atomic mass is 9.99. The fourth-order valence-electron chi connectivity index (χ4n) is 2.71. The quantitative estimate of drug-likeness (QED) is 0.681. The molecule has 2 heterocycles. The summed E-state index contributed by atoms with van der Waals surface area (Å²) in [5.41, 5.74) is 0. The van der Waals surface area contributed by atoms with Gasteiger partial charge in [0.1, 0.15) is 0 Å². The van der Waals surface area contributed by atoms with Crippen LogP contribution >= 0.6 is 0 Å². The van der Waals surface area contributed by atoms with Gasteiger partial charge in [0.05, 0.1) is 6.67 Å². The zero-order chi connectivity index (χ0) is 9.80. The molecule has 0 amide bonds. The summed E-state index contributed by atoms with van der Waals surface area (Å²) in [6.07, 6.45) is 4.83. The van der Waals surface area contributed by atoms with E-state index in [0.29, 0.717) is 6.42 Å². The van der Waals surface area contributed by atoms with E-state index < -0.39 is 0 Å². The molecule has 2 nitrogen and oxygen atoms in total. The van der Waals surface area contributed by atoms with Gasteiger partial charge in [-0.25, -0.2) is 0 Å². The summed E-state index contributed by atoms with van der Waals surface area (Å²) >= 11 is 0. The highest BCUT2D eigenvalue weighted by Gasteiger charge is 2.28. The van der Waals surface area contributed by atoms with Crippen LogP contribution in [0.5, 0.6) is 0 Å². The highest BCUT2D eigenvalue weighted by Crippen LogP contribution is 2.20. The summed E-state index contributed by atoms with van der Waals surface area (Å²) in [7, 11) is 0. The van der Waals surface area contributed by atoms with Crippen molar-refractivity contribution in [3.8, 4) is 0 Å². The molecule has 0 aliphatic carbocycles. The Morgan fingerprint density at radius 2 is 2.07 bits per heavy atom. The Balaban J connectivity index is 1.77. The van der Waals surface area contributed by atoms with Crippen molar-refractivity contribution < 1.29 is 4.39 Å². The zero-order valence-electron chi connectivity index (χ0n) is 8.92. The third-order valence-corrected chi connectivity index (χ3v) is 3.53. The molecule has 0 aromatic carbocycles. The molecule has 2 aliphatic rings. The van der Waals surface area contributed by atoms with E-state index in [1.807, 2.05) is 0 Å². The first-order valence-corrected chi connectivity index (χ1v) is 5.92. The summed E-state index contributed by atoms with van der Waals surface area (Å²) in [5.74, 6) is 0. The standard InChI is InChI=1S/C11H21FN2/c12-5-3-6-13-8-9-14-7-2-1-4-11(14)10-13/h11H,1-10H2. The largest absolute Gasteiger partial charge is 0.300 e. The minimum atomic E-state index is -0.162. The van der Waals surface area contributed by atoms with E-state index in [1.54, 1.807) is 0 Å². The summed E-state index contributed by atoms with van der Waals surface area (Å²) in [5, 5.41) is 0. The number of rotatable bonds is 3. The Labute approximate surface area is 86.1 Å². The van der Waals surface area contributed by atoms with Gasteiger partial charge in [-0.15, -0.1) is 0 Å². The van der Waals surface area contributed by atoms with E-state index >= 15 is 0 Å². The average molecular weight is 200 g/mol. The van der Waals surface area contributed by atoms with Crippen molar-refractivity contribution in [1.29, 1.82) is 0 Å². The molecule has 2 fully saturated rings. The van der Waals surface area contributed by atoms with Gasteiger partial charge in [0.2, 0.25) is 0 Å². The summed E-state index contributed by atoms with van der Waals surface area (Å²) in [6.45, 7) is 5.63. The van der Waals surface area contributed by atoms with Crippen LogP contribution in [0.4, 0.5) is 4.39 Å². The van der Waals surface area contributed by atoms with Gasteiger partial charge >= 0.3 is 0 Å². The molecule has 0 aromatic rings. The lowest BCUT2D eigenvalue weighted by Gasteiger charge is -2.44. The molecule has 2 saturated heterocycles. The third kappa shape index (κ3) is 2.45. The molecule has 3 heteroatoms. The summed E-state index contributed by atoms with van der Waals surface area (Å²) in [4.78, 5) is 5.06. The van der Waals surface area contributed by atoms with Crippen molar-refractivity contribution in [3.05, 3.63) is 0 Å². The SMILES string of the molecule is FCCCN1CCN2CCCCC2C1. The first kappa shape index (κ1) is 10.4. The molecule has 0 radical (unpaired) electrons. The number of fused-ring (bicyclic) bond motifs is 1. The van der Waals surface area contributed by atoms with E-state index in [4.69, 9.17) is 0 Å². The molecule has 2 rings (SSSR count). The first-order valence-electron chi connectivity index (χ1n) is 5.92. The Kier molecular flexibility index (Phi) is 3.76. The number of hydrogen-bond donors (Lipinski definition) is 0. The second-order valence-corrected chi connectivity index (χ2v) is 4.53. The van der Waals surface area contributed by atoms with Crippen molar-refractivity contribution in [2.75, 3.05) is 39.4 Å². The van der Waals surface area contributed by atoms with Crippen molar-refractivity contribution in [2.45, 2.75) is 31.7 Å².